The van der Waals surface area contributed by atoms with Gasteiger partial charge in [-0.05, 0) is 40.9 Å². The fourth-order valence-electron chi connectivity index (χ4n) is 2.72. The molecule has 3 heterocycles. The average Bonchev–Trinajstić information content (AvgIpc) is 3.32. The summed E-state index contributed by atoms with van der Waals surface area (Å²) in [6.45, 7) is 0. The lowest BCUT2D eigenvalue weighted by Gasteiger charge is -1.96. The molecule has 0 aliphatic rings. The first-order valence-corrected chi connectivity index (χ1v) is 7.91. The number of nitrogens with zero attached hydrogens (tertiary/aromatic N) is 4. The third-order valence-electron chi connectivity index (χ3n) is 3.83. The van der Waals surface area contributed by atoms with Crippen LogP contribution in [0.4, 0.5) is 0 Å². The van der Waals surface area contributed by atoms with Crippen LogP contribution in [0.3, 0.4) is 0 Å². The molecule has 0 radical (unpaired) electrons. The Morgan fingerprint density at radius 3 is 2.78 bits per heavy atom. The lowest BCUT2D eigenvalue weighted by molar-refractivity contribution is 0.881. The molecule has 0 saturated heterocycles. The molecule has 0 fully saturated rings. The number of hydrogen-bond acceptors (Lipinski definition) is 5. The fraction of sp³-hybridized carbons (Fsp3) is 0. The second-order valence-electron chi connectivity index (χ2n) is 5.22. The van der Waals surface area contributed by atoms with E-state index in [0.717, 1.165) is 27.0 Å². The maximum absolute atomic E-state index is 4.50. The van der Waals surface area contributed by atoms with Crippen molar-refractivity contribution >= 4 is 32.3 Å². The summed E-state index contributed by atoms with van der Waals surface area (Å²) < 4.78 is 1.26. The molecule has 110 valence electrons. The summed E-state index contributed by atoms with van der Waals surface area (Å²) in [7, 11) is 0. The van der Waals surface area contributed by atoms with Crippen molar-refractivity contribution in [2.24, 2.45) is 0 Å². The molecular weight excluding hydrogens is 308 g/mol. The van der Waals surface area contributed by atoms with Gasteiger partial charge in [-0.2, -0.15) is 10.3 Å². The van der Waals surface area contributed by atoms with E-state index in [1.54, 1.807) is 11.3 Å². The Hall–Kier alpha value is -3.06. The number of hydrogen-bond donors (Lipinski definition) is 2. The summed E-state index contributed by atoms with van der Waals surface area (Å²) in [5.41, 5.74) is 2.85. The number of nitrogens with one attached hydrogen (secondary N) is 2. The normalized spacial score (nSPS) is 11.5. The van der Waals surface area contributed by atoms with E-state index in [4.69, 9.17) is 0 Å². The number of rotatable bonds is 2. The molecule has 2 N–H and O–H groups in total. The molecule has 0 spiro atoms. The smallest absolute Gasteiger partial charge is 0.204 e. The van der Waals surface area contributed by atoms with Gasteiger partial charge < -0.3 is 0 Å². The van der Waals surface area contributed by atoms with Gasteiger partial charge in [0.1, 0.15) is 5.69 Å². The molecule has 5 aromatic rings. The molecule has 7 heteroatoms. The summed E-state index contributed by atoms with van der Waals surface area (Å²) in [5.74, 6) is 0.579. The van der Waals surface area contributed by atoms with Crippen LogP contribution in [0.15, 0.2) is 48.5 Å². The first-order chi connectivity index (χ1) is 11.4. The van der Waals surface area contributed by atoms with E-state index in [1.807, 2.05) is 18.2 Å². The Kier molecular flexibility index (Phi) is 2.56. The number of thiophene rings is 1. The third kappa shape index (κ3) is 1.94. The van der Waals surface area contributed by atoms with E-state index >= 15 is 0 Å². The van der Waals surface area contributed by atoms with Crippen molar-refractivity contribution in [2.75, 3.05) is 0 Å². The summed E-state index contributed by atoms with van der Waals surface area (Å²) in [5, 5.41) is 24.1. The summed E-state index contributed by atoms with van der Waals surface area (Å²) in [4.78, 5) is 1.14. The molecule has 0 saturated carbocycles. The second-order valence-corrected chi connectivity index (χ2v) is 6.30. The van der Waals surface area contributed by atoms with Crippen LogP contribution < -0.4 is 0 Å². The molecule has 0 bridgehead atoms. The number of benzene rings is 2. The second kappa shape index (κ2) is 4.72. The zero-order valence-corrected chi connectivity index (χ0v) is 12.6. The lowest BCUT2D eigenvalue weighted by atomic mass is 10.1. The van der Waals surface area contributed by atoms with Crippen LogP contribution in [0, 0.1) is 0 Å². The van der Waals surface area contributed by atoms with Crippen LogP contribution in [0.2, 0.25) is 0 Å². The monoisotopic (exact) mass is 318 g/mol. The molecule has 2 aromatic carbocycles. The Balaban J connectivity index is 1.73. The molecule has 3 aromatic heterocycles. The van der Waals surface area contributed by atoms with Crippen LogP contribution in [-0.4, -0.2) is 30.8 Å². The summed E-state index contributed by atoms with van der Waals surface area (Å²) in [6.07, 6.45) is 0. The van der Waals surface area contributed by atoms with Gasteiger partial charge in [0, 0.05) is 15.6 Å². The minimum atomic E-state index is 0.579. The van der Waals surface area contributed by atoms with Gasteiger partial charge in [-0.3, -0.25) is 5.10 Å². The van der Waals surface area contributed by atoms with E-state index in [1.165, 1.54) is 10.1 Å². The van der Waals surface area contributed by atoms with E-state index in [-0.39, 0.29) is 0 Å². The molecule has 23 heavy (non-hydrogen) atoms. The number of fused-ring (bicyclic) bond motifs is 2. The van der Waals surface area contributed by atoms with Crippen LogP contribution in [0.1, 0.15) is 0 Å². The Labute approximate surface area is 134 Å². The minimum absolute atomic E-state index is 0.579. The highest BCUT2D eigenvalue weighted by atomic mass is 32.1. The lowest BCUT2D eigenvalue weighted by Crippen LogP contribution is -1.81. The largest absolute Gasteiger partial charge is 0.277 e. The van der Waals surface area contributed by atoms with Crippen molar-refractivity contribution in [3.63, 3.8) is 0 Å². The SMILES string of the molecule is c1ccc2sc(-c3n[nH]c4ccc(-c5nn[nH]n5)cc34)cc2c1. The van der Waals surface area contributed by atoms with Crippen molar-refractivity contribution < 1.29 is 0 Å². The first-order valence-electron chi connectivity index (χ1n) is 7.09. The van der Waals surface area contributed by atoms with Crippen molar-refractivity contribution in [3.8, 4) is 22.0 Å². The molecule has 0 unspecified atom stereocenters. The summed E-state index contributed by atoms with van der Waals surface area (Å²) in [6, 6.07) is 16.5. The maximum atomic E-state index is 4.50. The predicted molar refractivity (Wildman–Crippen MR) is 90.1 cm³/mol. The fourth-order valence-corrected chi connectivity index (χ4v) is 3.79. The molecule has 0 aliphatic carbocycles. The molecular formula is C16H10N6S. The van der Waals surface area contributed by atoms with Crippen LogP contribution >= 0.6 is 11.3 Å². The van der Waals surface area contributed by atoms with Gasteiger partial charge in [0.05, 0.1) is 10.4 Å². The molecule has 5 rings (SSSR count). The van der Waals surface area contributed by atoms with E-state index in [0.29, 0.717) is 5.82 Å². The highest BCUT2D eigenvalue weighted by Crippen LogP contribution is 2.36. The number of tetrazole rings is 1. The number of aromatic nitrogens is 6. The van der Waals surface area contributed by atoms with Gasteiger partial charge in [0.15, 0.2) is 0 Å². The Morgan fingerprint density at radius 1 is 0.957 bits per heavy atom. The van der Waals surface area contributed by atoms with Crippen LogP contribution in [0.25, 0.3) is 42.9 Å². The van der Waals surface area contributed by atoms with Crippen molar-refractivity contribution in [1.29, 1.82) is 0 Å². The first kappa shape index (κ1) is 12.5. The number of H-pyrrole nitrogens is 2. The minimum Gasteiger partial charge on any atom is -0.277 e. The van der Waals surface area contributed by atoms with E-state index in [2.05, 4.69) is 61.2 Å². The quantitative estimate of drug-likeness (QED) is 0.520. The van der Waals surface area contributed by atoms with Gasteiger partial charge >= 0.3 is 0 Å². The molecule has 0 amide bonds. The van der Waals surface area contributed by atoms with Crippen molar-refractivity contribution in [1.82, 2.24) is 30.8 Å². The molecule has 0 aliphatic heterocycles. The topological polar surface area (TPSA) is 83.1 Å². The van der Waals surface area contributed by atoms with Gasteiger partial charge in [-0.1, -0.05) is 18.2 Å². The zero-order valence-electron chi connectivity index (χ0n) is 11.8. The zero-order chi connectivity index (χ0) is 15.2. The van der Waals surface area contributed by atoms with Crippen molar-refractivity contribution in [2.45, 2.75) is 0 Å². The van der Waals surface area contributed by atoms with Crippen LogP contribution in [0.5, 0.6) is 0 Å². The summed E-state index contributed by atoms with van der Waals surface area (Å²) >= 11 is 1.74. The van der Waals surface area contributed by atoms with E-state index < -0.39 is 0 Å². The standard InChI is InChI=1S/C16H10N6S/c1-2-4-13-9(3-1)8-14(23-13)15-11-7-10(16-19-21-22-20-16)5-6-12(11)17-18-15/h1-8H,(H,17,18)(H,19,20,21,22). The molecule has 0 atom stereocenters. The van der Waals surface area contributed by atoms with Gasteiger partial charge in [-0.15, -0.1) is 21.5 Å². The Morgan fingerprint density at radius 2 is 1.91 bits per heavy atom. The van der Waals surface area contributed by atoms with Gasteiger partial charge in [0.2, 0.25) is 5.82 Å². The van der Waals surface area contributed by atoms with Gasteiger partial charge in [0.25, 0.3) is 0 Å². The Bertz CT molecular complexity index is 1090. The van der Waals surface area contributed by atoms with E-state index in [9.17, 15) is 0 Å². The third-order valence-corrected chi connectivity index (χ3v) is 4.95. The molecule has 6 nitrogen and oxygen atoms in total. The highest BCUT2D eigenvalue weighted by Gasteiger charge is 2.13. The van der Waals surface area contributed by atoms with Gasteiger partial charge in [-0.25, -0.2) is 0 Å². The van der Waals surface area contributed by atoms with Crippen molar-refractivity contribution in [3.05, 3.63) is 48.5 Å². The average molecular weight is 318 g/mol. The maximum Gasteiger partial charge on any atom is 0.204 e. The highest BCUT2D eigenvalue weighted by molar-refractivity contribution is 7.22. The number of aromatic amines is 2. The van der Waals surface area contributed by atoms with Crippen LogP contribution in [-0.2, 0) is 0 Å². The predicted octanol–water partition coefficient (Wildman–Crippen LogP) is 3.62.